The van der Waals surface area contributed by atoms with Crippen molar-refractivity contribution < 1.29 is 0 Å². The van der Waals surface area contributed by atoms with Crippen molar-refractivity contribution >= 4 is 11.3 Å². The molecule has 1 nitrogen and oxygen atoms in total. The van der Waals surface area contributed by atoms with Crippen LogP contribution in [0.3, 0.4) is 0 Å². The summed E-state index contributed by atoms with van der Waals surface area (Å²) in [5.74, 6) is 6.47. The highest BCUT2D eigenvalue weighted by molar-refractivity contribution is 5.87. The molecule has 2 aromatic rings. The lowest BCUT2D eigenvalue weighted by Gasteiger charge is -2.10. The van der Waals surface area contributed by atoms with Gasteiger partial charge in [-0.3, -0.25) is 0 Å². The molecule has 0 amide bonds. The molecule has 1 heterocycles. The summed E-state index contributed by atoms with van der Waals surface area (Å²) >= 11 is 0. The van der Waals surface area contributed by atoms with Gasteiger partial charge < -0.3 is 5.32 Å². The van der Waals surface area contributed by atoms with Gasteiger partial charge in [0, 0.05) is 23.0 Å². The minimum Gasteiger partial charge on any atom is -0.355 e. The third-order valence-electron chi connectivity index (χ3n) is 3.19. The maximum Gasteiger partial charge on any atom is 0.0775 e. The molecule has 0 radical (unpaired) electrons. The molecule has 96 valence electrons. The number of hydrogen-bond donors (Lipinski definition) is 1. The van der Waals surface area contributed by atoms with E-state index in [1.165, 1.54) is 11.1 Å². The SMILES string of the molecule is Cc1cc(C)cc(C#CC2=C=CNc3ccccc32)c1. The van der Waals surface area contributed by atoms with Crippen LogP contribution in [0.4, 0.5) is 5.69 Å². The van der Waals surface area contributed by atoms with Crippen molar-refractivity contribution in [1.29, 1.82) is 0 Å². The second-order valence-corrected chi connectivity index (χ2v) is 4.98. The van der Waals surface area contributed by atoms with Crippen molar-refractivity contribution in [2.75, 3.05) is 5.32 Å². The van der Waals surface area contributed by atoms with E-state index in [9.17, 15) is 0 Å². The number of anilines is 1. The number of hydrogen-bond acceptors (Lipinski definition) is 1. The quantitative estimate of drug-likeness (QED) is 0.549. The number of rotatable bonds is 0. The second kappa shape index (κ2) is 5.13. The van der Waals surface area contributed by atoms with Crippen molar-refractivity contribution in [3.8, 4) is 11.8 Å². The van der Waals surface area contributed by atoms with E-state index in [1.807, 2.05) is 24.4 Å². The molecule has 0 atom stereocenters. The van der Waals surface area contributed by atoms with Crippen LogP contribution in [-0.2, 0) is 0 Å². The van der Waals surface area contributed by atoms with E-state index in [2.05, 4.69) is 61.0 Å². The number of nitrogens with one attached hydrogen (secondary N) is 1. The summed E-state index contributed by atoms with van der Waals surface area (Å²) in [5, 5.41) is 3.18. The molecule has 0 aliphatic carbocycles. The highest BCUT2D eigenvalue weighted by Gasteiger charge is 2.06. The molecule has 0 spiro atoms. The molecule has 0 fully saturated rings. The zero-order valence-electron chi connectivity index (χ0n) is 11.6. The van der Waals surface area contributed by atoms with Gasteiger partial charge >= 0.3 is 0 Å². The first-order valence-electron chi connectivity index (χ1n) is 6.64. The monoisotopic (exact) mass is 257 g/mol. The summed E-state index contributed by atoms with van der Waals surface area (Å²) in [6, 6.07) is 14.5. The van der Waals surface area contributed by atoms with Gasteiger partial charge in [0.25, 0.3) is 0 Å². The summed E-state index contributed by atoms with van der Waals surface area (Å²) in [6.45, 7) is 4.19. The van der Waals surface area contributed by atoms with Crippen LogP contribution in [0.15, 0.2) is 54.4 Å². The molecule has 0 unspecified atom stereocenters. The van der Waals surface area contributed by atoms with E-state index < -0.39 is 0 Å². The van der Waals surface area contributed by atoms with Crippen LogP contribution in [0.25, 0.3) is 5.57 Å². The van der Waals surface area contributed by atoms with Crippen molar-refractivity contribution in [3.05, 3.63) is 76.6 Å². The van der Waals surface area contributed by atoms with Gasteiger partial charge in [0.15, 0.2) is 0 Å². The van der Waals surface area contributed by atoms with Gasteiger partial charge in [0.1, 0.15) is 0 Å². The summed E-state index contributed by atoms with van der Waals surface area (Å²) in [7, 11) is 0. The maximum atomic E-state index is 3.24. The highest BCUT2D eigenvalue weighted by Crippen LogP contribution is 2.25. The lowest BCUT2D eigenvalue weighted by Crippen LogP contribution is -1.96. The van der Waals surface area contributed by atoms with Crippen molar-refractivity contribution in [2.45, 2.75) is 13.8 Å². The van der Waals surface area contributed by atoms with Crippen molar-refractivity contribution in [1.82, 2.24) is 0 Å². The summed E-state index contributed by atoms with van der Waals surface area (Å²) in [4.78, 5) is 0. The van der Waals surface area contributed by atoms with Crippen LogP contribution in [0.5, 0.6) is 0 Å². The molecule has 20 heavy (non-hydrogen) atoms. The van der Waals surface area contributed by atoms with E-state index in [-0.39, 0.29) is 0 Å². The van der Waals surface area contributed by atoms with E-state index in [4.69, 9.17) is 0 Å². The molecule has 3 rings (SSSR count). The highest BCUT2D eigenvalue weighted by atomic mass is 14.8. The van der Waals surface area contributed by atoms with Crippen LogP contribution in [0, 0.1) is 25.7 Å². The Morgan fingerprint density at radius 2 is 1.70 bits per heavy atom. The molecule has 0 saturated carbocycles. The van der Waals surface area contributed by atoms with E-state index >= 15 is 0 Å². The van der Waals surface area contributed by atoms with Gasteiger partial charge in [0.05, 0.1) is 5.57 Å². The minimum atomic E-state index is 0.929. The summed E-state index contributed by atoms with van der Waals surface area (Å²) < 4.78 is 0. The first-order valence-corrected chi connectivity index (χ1v) is 6.64. The second-order valence-electron chi connectivity index (χ2n) is 4.98. The van der Waals surface area contributed by atoms with E-state index in [0.29, 0.717) is 0 Å². The van der Waals surface area contributed by atoms with Gasteiger partial charge in [0.2, 0.25) is 0 Å². The van der Waals surface area contributed by atoms with Crippen molar-refractivity contribution in [3.63, 3.8) is 0 Å². The molecule has 1 N–H and O–H groups in total. The number of para-hydroxylation sites is 1. The smallest absolute Gasteiger partial charge is 0.0775 e. The zero-order valence-corrected chi connectivity index (χ0v) is 11.6. The van der Waals surface area contributed by atoms with Crippen molar-refractivity contribution in [2.24, 2.45) is 0 Å². The predicted molar refractivity (Wildman–Crippen MR) is 84.3 cm³/mol. The van der Waals surface area contributed by atoms with Gasteiger partial charge in [-0.15, -0.1) is 0 Å². The Morgan fingerprint density at radius 1 is 0.950 bits per heavy atom. The molecule has 0 saturated heterocycles. The van der Waals surface area contributed by atoms with E-state index in [1.54, 1.807) is 0 Å². The third kappa shape index (κ3) is 2.52. The molecule has 1 aliphatic rings. The normalized spacial score (nSPS) is 11.8. The zero-order chi connectivity index (χ0) is 13.9. The Labute approximate surface area is 119 Å². The van der Waals surface area contributed by atoms with Gasteiger partial charge in [-0.05, 0) is 43.2 Å². The summed E-state index contributed by atoms with van der Waals surface area (Å²) in [5.41, 5.74) is 9.82. The standard InChI is InChI=1S/C19H15N/c1-14-11-15(2)13-16(12-14)7-8-17-9-10-20-19-6-4-3-5-18(17)19/h3-6,10-13,20H,1-2H3. The molecule has 1 aliphatic heterocycles. The first kappa shape index (κ1) is 12.4. The molecule has 0 aromatic heterocycles. The Bertz CT molecular complexity index is 774. The molecular weight excluding hydrogens is 242 g/mol. The number of aryl methyl sites for hydroxylation is 2. The molecular formula is C19H15N. The van der Waals surface area contributed by atoms with Crippen LogP contribution >= 0.6 is 0 Å². The third-order valence-corrected chi connectivity index (χ3v) is 3.19. The topological polar surface area (TPSA) is 12.0 Å². The number of benzene rings is 2. The Hall–Kier alpha value is -2.68. The van der Waals surface area contributed by atoms with Crippen LogP contribution < -0.4 is 5.32 Å². The Kier molecular flexibility index (Phi) is 3.17. The predicted octanol–water partition coefficient (Wildman–Crippen LogP) is 4.28. The average Bonchev–Trinajstić information content (AvgIpc) is 2.44. The molecule has 1 heteroatoms. The van der Waals surface area contributed by atoms with Gasteiger partial charge in [-0.2, -0.15) is 0 Å². The fourth-order valence-corrected chi connectivity index (χ4v) is 2.38. The molecule has 0 bridgehead atoms. The molecule has 2 aromatic carbocycles. The maximum absolute atomic E-state index is 3.24. The fraction of sp³-hybridized carbons (Fsp3) is 0.105. The van der Waals surface area contributed by atoms with Crippen LogP contribution in [-0.4, -0.2) is 0 Å². The minimum absolute atomic E-state index is 0.929. The van der Waals surface area contributed by atoms with Gasteiger partial charge in [-0.1, -0.05) is 41.8 Å². The van der Waals surface area contributed by atoms with Crippen LogP contribution in [0.1, 0.15) is 22.3 Å². The lowest BCUT2D eigenvalue weighted by molar-refractivity contribution is 1.37. The van der Waals surface area contributed by atoms with Gasteiger partial charge in [-0.25, -0.2) is 0 Å². The Balaban J connectivity index is 2.00. The van der Waals surface area contributed by atoms with E-state index in [0.717, 1.165) is 22.4 Å². The van der Waals surface area contributed by atoms with Crippen LogP contribution in [0.2, 0.25) is 0 Å². The lowest BCUT2D eigenvalue weighted by atomic mass is 10.0. The average molecular weight is 257 g/mol. The number of allylic oxidation sites excluding steroid dienone is 1. The number of fused-ring (bicyclic) bond motifs is 1. The summed E-state index contributed by atoms with van der Waals surface area (Å²) in [6.07, 6.45) is 1.81. The Morgan fingerprint density at radius 3 is 2.50 bits per heavy atom. The fourth-order valence-electron chi connectivity index (χ4n) is 2.38. The largest absolute Gasteiger partial charge is 0.355 e. The first-order chi connectivity index (χ1) is 9.72.